The molecule has 0 bridgehead atoms. The second-order valence-corrected chi connectivity index (χ2v) is 4.84. The highest BCUT2D eigenvalue weighted by atomic mass is 16.5. The van der Waals surface area contributed by atoms with Crippen LogP contribution in [0.4, 0.5) is 0 Å². The highest BCUT2D eigenvalue weighted by Crippen LogP contribution is 2.20. The third-order valence-corrected chi connectivity index (χ3v) is 3.06. The molecule has 0 aromatic heterocycles. The van der Waals surface area contributed by atoms with E-state index >= 15 is 0 Å². The molecule has 0 saturated heterocycles. The summed E-state index contributed by atoms with van der Waals surface area (Å²) >= 11 is 0. The van der Waals surface area contributed by atoms with Gasteiger partial charge in [-0.3, -0.25) is 4.79 Å². The lowest BCUT2D eigenvalue weighted by molar-refractivity contribution is -0.145. The van der Waals surface area contributed by atoms with Gasteiger partial charge in [-0.15, -0.1) is 0 Å². The van der Waals surface area contributed by atoms with Crippen molar-refractivity contribution in [3.8, 4) is 0 Å². The topological polar surface area (TPSA) is 26.3 Å². The number of hydrogen-bond donors (Lipinski definition) is 0. The summed E-state index contributed by atoms with van der Waals surface area (Å²) in [4.78, 5) is 11.3. The number of ether oxygens (including phenoxy) is 1. The minimum absolute atomic E-state index is 0.0345. The summed E-state index contributed by atoms with van der Waals surface area (Å²) in [5.41, 5.74) is 0. The van der Waals surface area contributed by atoms with Gasteiger partial charge in [-0.25, -0.2) is 0 Å². The van der Waals surface area contributed by atoms with Crippen LogP contribution in [0.5, 0.6) is 0 Å². The van der Waals surface area contributed by atoms with Gasteiger partial charge in [0.25, 0.3) is 0 Å². The smallest absolute Gasteiger partial charge is 0.305 e. The zero-order valence-electron chi connectivity index (χ0n) is 11.4. The lowest BCUT2D eigenvalue weighted by Gasteiger charge is -2.19. The standard InChI is InChI=1S/C14H28O2/c1-5-8-13(10-12(4)7-3)11-16-14(15)9-6-2/h12-13H,5-11H2,1-4H3. The van der Waals surface area contributed by atoms with E-state index in [1.54, 1.807) is 0 Å². The summed E-state index contributed by atoms with van der Waals surface area (Å²) in [6.45, 7) is 9.31. The zero-order chi connectivity index (χ0) is 12.4. The van der Waals surface area contributed by atoms with Crippen LogP contribution in [0.1, 0.15) is 66.2 Å². The average Bonchev–Trinajstić information content (AvgIpc) is 2.26. The Kier molecular flexibility index (Phi) is 9.36. The maximum absolute atomic E-state index is 11.3. The van der Waals surface area contributed by atoms with E-state index in [4.69, 9.17) is 4.74 Å². The van der Waals surface area contributed by atoms with Gasteiger partial charge in [0, 0.05) is 6.42 Å². The van der Waals surface area contributed by atoms with E-state index in [-0.39, 0.29) is 5.97 Å². The lowest BCUT2D eigenvalue weighted by atomic mass is 9.91. The molecule has 0 aromatic rings. The average molecular weight is 228 g/mol. The molecule has 0 rings (SSSR count). The van der Waals surface area contributed by atoms with Gasteiger partial charge in [-0.1, -0.05) is 40.5 Å². The van der Waals surface area contributed by atoms with Crippen molar-refractivity contribution in [1.82, 2.24) is 0 Å². The molecule has 0 saturated carbocycles. The van der Waals surface area contributed by atoms with E-state index in [0.717, 1.165) is 12.3 Å². The Bertz CT molecular complexity index is 178. The van der Waals surface area contributed by atoms with Crippen molar-refractivity contribution in [2.45, 2.75) is 66.2 Å². The summed E-state index contributed by atoms with van der Waals surface area (Å²) in [7, 11) is 0. The molecule has 0 fully saturated rings. The first-order chi connectivity index (χ1) is 7.63. The zero-order valence-corrected chi connectivity index (χ0v) is 11.4. The molecule has 0 aliphatic rings. The highest BCUT2D eigenvalue weighted by Gasteiger charge is 2.13. The Morgan fingerprint density at radius 1 is 1.19 bits per heavy atom. The number of carbonyl (C=O) groups excluding carboxylic acids is 1. The molecule has 2 nitrogen and oxygen atoms in total. The summed E-state index contributed by atoms with van der Waals surface area (Å²) in [6, 6.07) is 0. The van der Waals surface area contributed by atoms with E-state index < -0.39 is 0 Å². The van der Waals surface area contributed by atoms with Crippen LogP contribution in [0.15, 0.2) is 0 Å². The van der Waals surface area contributed by atoms with Gasteiger partial charge < -0.3 is 4.74 Å². The predicted octanol–water partition coefficient (Wildman–Crippen LogP) is 4.18. The largest absolute Gasteiger partial charge is 0.465 e. The molecule has 96 valence electrons. The third-order valence-electron chi connectivity index (χ3n) is 3.06. The lowest BCUT2D eigenvalue weighted by Crippen LogP contribution is -2.16. The summed E-state index contributed by atoms with van der Waals surface area (Å²) in [5, 5.41) is 0. The number of rotatable bonds is 9. The number of hydrogen-bond acceptors (Lipinski definition) is 2. The fourth-order valence-corrected chi connectivity index (χ4v) is 1.90. The minimum Gasteiger partial charge on any atom is -0.465 e. The van der Waals surface area contributed by atoms with Crippen LogP contribution in [0.3, 0.4) is 0 Å². The monoisotopic (exact) mass is 228 g/mol. The van der Waals surface area contributed by atoms with Crippen LogP contribution in [0.25, 0.3) is 0 Å². The molecule has 2 unspecified atom stereocenters. The van der Waals surface area contributed by atoms with Gasteiger partial charge >= 0.3 is 5.97 Å². The van der Waals surface area contributed by atoms with Gasteiger partial charge in [0.2, 0.25) is 0 Å². The van der Waals surface area contributed by atoms with Crippen molar-refractivity contribution < 1.29 is 9.53 Å². The molecule has 0 spiro atoms. The van der Waals surface area contributed by atoms with Crippen molar-refractivity contribution in [2.75, 3.05) is 6.61 Å². The van der Waals surface area contributed by atoms with Crippen LogP contribution in [-0.4, -0.2) is 12.6 Å². The fourth-order valence-electron chi connectivity index (χ4n) is 1.90. The Labute approximate surface area is 101 Å². The first-order valence-corrected chi connectivity index (χ1v) is 6.79. The van der Waals surface area contributed by atoms with E-state index in [2.05, 4.69) is 20.8 Å². The van der Waals surface area contributed by atoms with E-state index in [1.807, 2.05) is 6.92 Å². The molecule has 0 heterocycles. The van der Waals surface area contributed by atoms with Crippen LogP contribution in [0, 0.1) is 11.8 Å². The van der Waals surface area contributed by atoms with Crippen LogP contribution >= 0.6 is 0 Å². The molecule has 16 heavy (non-hydrogen) atoms. The molecular formula is C14H28O2. The van der Waals surface area contributed by atoms with Gasteiger partial charge in [-0.2, -0.15) is 0 Å². The molecule has 0 aliphatic heterocycles. The Hall–Kier alpha value is -0.530. The molecule has 0 amide bonds. The maximum atomic E-state index is 11.3. The van der Waals surface area contributed by atoms with Gasteiger partial charge in [0.15, 0.2) is 0 Å². The second-order valence-electron chi connectivity index (χ2n) is 4.84. The van der Waals surface area contributed by atoms with E-state index in [0.29, 0.717) is 18.9 Å². The number of esters is 1. The molecular weight excluding hydrogens is 200 g/mol. The normalized spacial score (nSPS) is 14.5. The highest BCUT2D eigenvalue weighted by molar-refractivity contribution is 5.69. The quantitative estimate of drug-likeness (QED) is 0.553. The SMILES string of the molecule is CCCC(=O)OCC(CCC)CC(C)CC. The van der Waals surface area contributed by atoms with Gasteiger partial charge in [0.1, 0.15) is 0 Å². The van der Waals surface area contributed by atoms with Crippen LogP contribution < -0.4 is 0 Å². The van der Waals surface area contributed by atoms with Crippen molar-refractivity contribution in [3.05, 3.63) is 0 Å². The van der Waals surface area contributed by atoms with Gasteiger partial charge in [-0.05, 0) is 31.1 Å². The second kappa shape index (κ2) is 9.68. The van der Waals surface area contributed by atoms with E-state index in [1.165, 1.54) is 25.7 Å². The Morgan fingerprint density at radius 2 is 1.88 bits per heavy atom. The molecule has 0 radical (unpaired) electrons. The summed E-state index contributed by atoms with van der Waals surface area (Å²) in [6.07, 6.45) is 6.17. The van der Waals surface area contributed by atoms with Crippen molar-refractivity contribution in [1.29, 1.82) is 0 Å². The molecule has 0 aromatic carbocycles. The van der Waals surface area contributed by atoms with Crippen molar-refractivity contribution in [2.24, 2.45) is 11.8 Å². The van der Waals surface area contributed by atoms with Crippen LogP contribution in [0.2, 0.25) is 0 Å². The third kappa shape index (κ3) is 7.72. The molecule has 2 heteroatoms. The number of carbonyl (C=O) groups is 1. The summed E-state index contributed by atoms with van der Waals surface area (Å²) in [5.74, 6) is 1.26. The first kappa shape index (κ1) is 15.5. The van der Waals surface area contributed by atoms with Crippen LogP contribution in [-0.2, 0) is 9.53 Å². The summed E-state index contributed by atoms with van der Waals surface area (Å²) < 4.78 is 5.30. The Morgan fingerprint density at radius 3 is 2.38 bits per heavy atom. The molecule has 2 atom stereocenters. The van der Waals surface area contributed by atoms with E-state index in [9.17, 15) is 4.79 Å². The molecule has 0 N–H and O–H groups in total. The maximum Gasteiger partial charge on any atom is 0.305 e. The first-order valence-electron chi connectivity index (χ1n) is 6.79. The Balaban J connectivity index is 3.88. The van der Waals surface area contributed by atoms with Crippen molar-refractivity contribution >= 4 is 5.97 Å². The van der Waals surface area contributed by atoms with Gasteiger partial charge in [0.05, 0.1) is 6.61 Å². The van der Waals surface area contributed by atoms with Crippen molar-refractivity contribution in [3.63, 3.8) is 0 Å². The molecule has 0 aliphatic carbocycles. The minimum atomic E-state index is -0.0345. The predicted molar refractivity (Wildman–Crippen MR) is 68.3 cm³/mol. The fraction of sp³-hybridized carbons (Fsp3) is 0.929.